The topological polar surface area (TPSA) is 52.0 Å². The van der Waals surface area contributed by atoms with Crippen molar-refractivity contribution in [1.29, 1.82) is 0 Å². The Morgan fingerprint density at radius 2 is 0.667 bits per heavy atom. The number of benzene rings is 4. The van der Waals surface area contributed by atoms with Gasteiger partial charge in [0.15, 0.2) is 14.6 Å². The molecule has 2 radical (unpaired) electrons. The Hall–Kier alpha value is -3.91. The van der Waals surface area contributed by atoms with Gasteiger partial charge < -0.3 is 11.5 Å². The van der Waals surface area contributed by atoms with Crippen LogP contribution in [0.1, 0.15) is 35.1 Å². The van der Waals surface area contributed by atoms with Crippen molar-refractivity contribution in [3.05, 3.63) is 155 Å². The molecule has 0 unspecified atom stereocenters. The first-order chi connectivity index (χ1) is 17.7. The second-order valence-corrected chi connectivity index (χ2v) is 8.82. The minimum absolute atomic E-state index is 0.825. The van der Waals surface area contributed by atoms with Gasteiger partial charge in [0.25, 0.3) is 0 Å². The second kappa shape index (κ2) is 13.3. The zero-order valence-corrected chi connectivity index (χ0v) is 20.7. The standard InChI is InChI=1S/C32H32B2N2/c35-31(29(25-15-5-1-6-16-25)26-17-7-2-8-18-26)33-23-13-14-24-34-32(36)30(27-19-9-3-10-20-27)28-21-11-4-12-22-28/h1-12,15-22H,13-14,23-24,35-36H2. The van der Waals surface area contributed by atoms with Gasteiger partial charge in [-0.15, -0.1) is 0 Å². The zero-order valence-electron chi connectivity index (χ0n) is 20.7. The molecule has 0 aromatic heterocycles. The first-order valence-electron chi connectivity index (χ1n) is 12.6. The molecule has 4 N–H and O–H groups in total. The Balaban J connectivity index is 1.37. The number of unbranched alkanes of at least 4 members (excludes halogenated alkanes) is 1. The summed E-state index contributed by atoms with van der Waals surface area (Å²) in [6.45, 7) is 0. The summed E-state index contributed by atoms with van der Waals surface area (Å²) in [5.74, 6) is 0. The van der Waals surface area contributed by atoms with Gasteiger partial charge in [0.1, 0.15) is 0 Å². The van der Waals surface area contributed by atoms with Crippen LogP contribution in [0.3, 0.4) is 0 Å². The van der Waals surface area contributed by atoms with Gasteiger partial charge in [-0.25, -0.2) is 0 Å². The van der Waals surface area contributed by atoms with E-state index in [1.807, 2.05) is 24.3 Å². The van der Waals surface area contributed by atoms with Crippen molar-refractivity contribution in [3.63, 3.8) is 0 Å². The van der Waals surface area contributed by atoms with Crippen LogP contribution in [0.4, 0.5) is 0 Å². The summed E-state index contributed by atoms with van der Waals surface area (Å²) in [7, 11) is 4.32. The number of hydrogen-bond donors (Lipinski definition) is 2. The van der Waals surface area contributed by atoms with Gasteiger partial charge in [0.05, 0.1) is 0 Å². The molecule has 4 aromatic rings. The first kappa shape index (κ1) is 25.2. The third-order valence-corrected chi connectivity index (χ3v) is 6.21. The molecule has 0 aliphatic heterocycles. The zero-order chi connectivity index (χ0) is 25.0. The van der Waals surface area contributed by atoms with Crippen molar-refractivity contribution >= 4 is 25.7 Å². The van der Waals surface area contributed by atoms with E-state index in [1.165, 1.54) is 0 Å². The third kappa shape index (κ3) is 6.82. The maximum atomic E-state index is 6.60. The fourth-order valence-corrected chi connectivity index (χ4v) is 4.43. The normalized spacial score (nSPS) is 10.3. The van der Waals surface area contributed by atoms with E-state index in [2.05, 4.69) is 112 Å². The predicted molar refractivity (Wildman–Crippen MR) is 157 cm³/mol. The van der Waals surface area contributed by atoms with Crippen molar-refractivity contribution in [2.75, 3.05) is 0 Å². The summed E-state index contributed by atoms with van der Waals surface area (Å²) in [6.07, 6.45) is 3.95. The van der Waals surface area contributed by atoms with Gasteiger partial charge in [0, 0.05) is 0 Å². The van der Waals surface area contributed by atoms with Gasteiger partial charge >= 0.3 is 0 Å². The number of rotatable bonds is 11. The van der Waals surface area contributed by atoms with Crippen LogP contribution in [-0.4, -0.2) is 14.6 Å². The Morgan fingerprint density at radius 1 is 0.417 bits per heavy atom. The highest BCUT2D eigenvalue weighted by molar-refractivity contribution is 6.48. The Bertz CT molecular complexity index is 1080. The molecular weight excluding hydrogens is 434 g/mol. The van der Waals surface area contributed by atoms with Crippen molar-refractivity contribution < 1.29 is 0 Å². The fraction of sp³-hybridized carbons (Fsp3) is 0.125. The molecule has 176 valence electrons. The molecule has 36 heavy (non-hydrogen) atoms. The van der Waals surface area contributed by atoms with E-state index >= 15 is 0 Å². The molecule has 0 aliphatic carbocycles. The van der Waals surface area contributed by atoms with Crippen LogP contribution >= 0.6 is 0 Å². The molecular formula is C32H32B2N2. The fourth-order valence-electron chi connectivity index (χ4n) is 4.43. The maximum absolute atomic E-state index is 6.60. The van der Waals surface area contributed by atoms with Crippen LogP contribution in [-0.2, 0) is 0 Å². The lowest BCUT2D eigenvalue weighted by Gasteiger charge is -2.14. The lowest BCUT2D eigenvalue weighted by atomic mass is 9.63. The Kier molecular flexibility index (Phi) is 9.27. The summed E-state index contributed by atoms with van der Waals surface area (Å²) < 4.78 is 0. The average molecular weight is 466 g/mol. The van der Waals surface area contributed by atoms with E-state index in [0.717, 1.165) is 70.1 Å². The maximum Gasteiger partial charge on any atom is 0.174 e. The van der Waals surface area contributed by atoms with Gasteiger partial charge in [-0.1, -0.05) is 147 Å². The van der Waals surface area contributed by atoms with Crippen LogP contribution in [0.2, 0.25) is 12.6 Å². The van der Waals surface area contributed by atoms with Crippen LogP contribution in [0.25, 0.3) is 11.1 Å². The summed E-state index contributed by atoms with van der Waals surface area (Å²) in [5, 5.41) is 0. The van der Waals surface area contributed by atoms with Crippen molar-refractivity contribution in [1.82, 2.24) is 0 Å². The van der Waals surface area contributed by atoms with E-state index in [4.69, 9.17) is 11.5 Å². The smallest absolute Gasteiger partial charge is 0.174 e. The van der Waals surface area contributed by atoms with Gasteiger partial charge in [-0.3, -0.25) is 0 Å². The highest BCUT2D eigenvalue weighted by Crippen LogP contribution is 2.26. The molecule has 0 saturated carbocycles. The molecule has 0 heterocycles. The molecule has 4 heteroatoms. The lowest BCUT2D eigenvalue weighted by Crippen LogP contribution is -2.12. The van der Waals surface area contributed by atoms with E-state index in [-0.39, 0.29) is 0 Å². The van der Waals surface area contributed by atoms with Crippen molar-refractivity contribution in [2.24, 2.45) is 11.5 Å². The molecule has 4 rings (SSSR count). The van der Waals surface area contributed by atoms with E-state index in [9.17, 15) is 0 Å². The largest absolute Gasteiger partial charge is 0.410 e. The van der Waals surface area contributed by atoms with Gasteiger partial charge in [-0.05, 0) is 44.6 Å². The molecule has 0 amide bonds. The summed E-state index contributed by atoms with van der Waals surface area (Å²) in [5.41, 5.74) is 21.6. The van der Waals surface area contributed by atoms with Crippen LogP contribution < -0.4 is 11.5 Å². The summed E-state index contributed by atoms with van der Waals surface area (Å²) >= 11 is 0. The van der Waals surface area contributed by atoms with Crippen LogP contribution in [0, 0.1) is 0 Å². The molecule has 0 spiro atoms. The highest BCUT2D eigenvalue weighted by Gasteiger charge is 2.12. The van der Waals surface area contributed by atoms with E-state index in [0.29, 0.717) is 0 Å². The molecule has 0 bridgehead atoms. The second-order valence-electron chi connectivity index (χ2n) is 8.82. The van der Waals surface area contributed by atoms with Gasteiger partial charge in [0.2, 0.25) is 0 Å². The summed E-state index contributed by atoms with van der Waals surface area (Å²) in [6, 6.07) is 41.5. The van der Waals surface area contributed by atoms with Crippen LogP contribution in [0.5, 0.6) is 0 Å². The number of hydrogen-bond acceptors (Lipinski definition) is 2. The quantitative estimate of drug-likeness (QED) is 0.190. The summed E-state index contributed by atoms with van der Waals surface area (Å²) in [4.78, 5) is 0. The SMILES string of the molecule is NC([B]CCCC[B]C(N)=C(c1ccccc1)c1ccccc1)=C(c1ccccc1)c1ccccc1. The van der Waals surface area contributed by atoms with Crippen molar-refractivity contribution in [2.45, 2.75) is 25.5 Å². The molecule has 4 aromatic carbocycles. The Morgan fingerprint density at radius 3 is 0.917 bits per heavy atom. The van der Waals surface area contributed by atoms with Crippen molar-refractivity contribution in [3.8, 4) is 0 Å². The van der Waals surface area contributed by atoms with Gasteiger partial charge in [-0.2, -0.15) is 0 Å². The average Bonchev–Trinajstić information content (AvgIpc) is 2.93. The van der Waals surface area contributed by atoms with Crippen LogP contribution in [0.15, 0.2) is 133 Å². The predicted octanol–water partition coefficient (Wildman–Crippen LogP) is 6.76. The van der Waals surface area contributed by atoms with E-state index < -0.39 is 0 Å². The molecule has 0 fully saturated rings. The minimum atomic E-state index is 0.825. The monoisotopic (exact) mass is 466 g/mol. The molecule has 0 saturated heterocycles. The number of nitrogens with two attached hydrogens (primary N) is 2. The third-order valence-electron chi connectivity index (χ3n) is 6.21. The first-order valence-corrected chi connectivity index (χ1v) is 12.6. The molecule has 0 atom stereocenters. The van der Waals surface area contributed by atoms with E-state index in [1.54, 1.807) is 0 Å². The minimum Gasteiger partial charge on any atom is -0.410 e. The molecule has 2 nitrogen and oxygen atoms in total. The lowest BCUT2D eigenvalue weighted by molar-refractivity contribution is 0.874. The molecule has 0 aliphatic rings. The highest BCUT2D eigenvalue weighted by atomic mass is 14.5. The Labute approximate surface area is 217 Å².